The molecule has 0 bridgehead atoms. The number of hydrogen-bond acceptors (Lipinski definition) is 6. The van der Waals surface area contributed by atoms with E-state index in [0.29, 0.717) is 36.6 Å². The summed E-state index contributed by atoms with van der Waals surface area (Å²) in [5.74, 6) is -1.57. The van der Waals surface area contributed by atoms with E-state index in [1.807, 2.05) is 0 Å². The Balaban J connectivity index is 1.49. The molecule has 2 aromatic heterocycles. The van der Waals surface area contributed by atoms with Gasteiger partial charge in [-0.15, -0.1) is 0 Å². The largest absolute Gasteiger partial charge is 0.451 e. The number of hydrogen-bond donors (Lipinski definition) is 2. The highest BCUT2D eigenvalue weighted by Crippen LogP contribution is 2.30. The van der Waals surface area contributed by atoms with Crippen LogP contribution in [0.25, 0.3) is 0 Å². The fourth-order valence-corrected chi connectivity index (χ4v) is 3.96. The van der Waals surface area contributed by atoms with Crippen LogP contribution in [0.5, 0.6) is 0 Å². The van der Waals surface area contributed by atoms with Crippen molar-refractivity contribution in [3.05, 3.63) is 47.2 Å². The highest BCUT2D eigenvalue weighted by molar-refractivity contribution is 5.97. The van der Waals surface area contributed by atoms with Gasteiger partial charge in [-0.05, 0) is 57.6 Å². The van der Waals surface area contributed by atoms with Gasteiger partial charge in [0.1, 0.15) is 11.9 Å². The van der Waals surface area contributed by atoms with Gasteiger partial charge in [-0.2, -0.15) is 13.2 Å². The summed E-state index contributed by atoms with van der Waals surface area (Å²) in [5, 5.41) is 2.70. The van der Waals surface area contributed by atoms with Gasteiger partial charge in [0.2, 0.25) is 11.7 Å². The molecule has 1 saturated heterocycles. The van der Waals surface area contributed by atoms with Gasteiger partial charge in [0.05, 0.1) is 5.56 Å². The normalized spacial score (nSPS) is 15.8. The molecule has 3 rings (SSSR count). The molecule has 1 atom stereocenters. The number of nitrogens with two attached hydrogens (primary N) is 1. The van der Waals surface area contributed by atoms with Crippen LogP contribution in [0.2, 0.25) is 0 Å². The summed E-state index contributed by atoms with van der Waals surface area (Å²) in [6, 6.07) is 2.61. The molecule has 2 amide bonds. The number of pyridine rings is 1. The lowest BCUT2D eigenvalue weighted by atomic mass is 9.90. The topological polar surface area (TPSA) is 114 Å². The first-order chi connectivity index (χ1) is 15.6. The molecule has 0 radical (unpaired) electrons. The third-order valence-corrected chi connectivity index (χ3v) is 5.87. The van der Waals surface area contributed by atoms with E-state index in [-0.39, 0.29) is 23.3 Å². The molecule has 178 valence electrons. The number of aromatic nitrogens is 3. The Morgan fingerprint density at radius 3 is 2.55 bits per heavy atom. The molecule has 3 N–H and O–H groups in total. The van der Waals surface area contributed by atoms with Crippen molar-refractivity contribution in [2.45, 2.75) is 51.7 Å². The predicted molar refractivity (Wildman–Crippen MR) is 115 cm³/mol. The van der Waals surface area contributed by atoms with E-state index in [1.165, 1.54) is 13.1 Å². The van der Waals surface area contributed by atoms with Crippen LogP contribution >= 0.6 is 0 Å². The second kappa shape index (κ2) is 10.1. The number of carbonyl (C=O) groups is 2. The maximum absolute atomic E-state index is 12.8. The number of alkyl halides is 3. The van der Waals surface area contributed by atoms with Gasteiger partial charge in [0.25, 0.3) is 5.91 Å². The van der Waals surface area contributed by atoms with E-state index >= 15 is 0 Å². The summed E-state index contributed by atoms with van der Waals surface area (Å²) in [6.45, 7) is 4.26. The summed E-state index contributed by atoms with van der Waals surface area (Å²) in [5.41, 5.74) is 6.93. The number of aryl methyl sites for hydroxylation is 1. The number of likely N-dealkylation sites (tertiary alicyclic amines) is 1. The van der Waals surface area contributed by atoms with Crippen molar-refractivity contribution in [2.24, 2.45) is 5.92 Å². The quantitative estimate of drug-likeness (QED) is 0.680. The number of amides is 2. The smallest absolute Gasteiger partial charge is 0.383 e. The van der Waals surface area contributed by atoms with Gasteiger partial charge < -0.3 is 16.0 Å². The van der Waals surface area contributed by atoms with Crippen LogP contribution in [0.4, 0.5) is 19.0 Å². The molecule has 0 spiro atoms. The minimum Gasteiger partial charge on any atom is -0.383 e. The van der Waals surface area contributed by atoms with Gasteiger partial charge in [0.15, 0.2) is 0 Å². The van der Waals surface area contributed by atoms with Crippen molar-refractivity contribution in [1.82, 2.24) is 25.2 Å². The third kappa shape index (κ3) is 6.17. The van der Waals surface area contributed by atoms with Gasteiger partial charge >= 0.3 is 6.18 Å². The molecule has 1 aliphatic rings. The zero-order valence-electron chi connectivity index (χ0n) is 18.5. The monoisotopic (exact) mass is 464 g/mol. The summed E-state index contributed by atoms with van der Waals surface area (Å²) in [6.07, 6.45) is 1.08. The summed E-state index contributed by atoms with van der Waals surface area (Å²) in [4.78, 5) is 37.6. The molecule has 3 heterocycles. The number of rotatable bonds is 6. The van der Waals surface area contributed by atoms with Crippen molar-refractivity contribution in [3.63, 3.8) is 0 Å². The fourth-order valence-electron chi connectivity index (χ4n) is 3.96. The molecule has 0 aliphatic carbocycles. The van der Waals surface area contributed by atoms with E-state index in [4.69, 9.17) is 5.73 Å². The zero-order valence-corrected chi connectivity index (χ0v) is 18.5. The van der Waals surface area contributed by atoms with Crippen LogP contribution in [-0.2, 0) is 17.4 Å². The Labute approximate surface area is 189 Å². The van der Waals surface area contributed by atoms with Crippen LogP contribution in [0, 0.1) is 12.8 Å². The Bertz CT molecular complexity index is 968. The first kappa shape index (κ1) is 24.4. The zero-order chi connectivity index (χ0) is 24.2. The first-order valence-electron chi connectivity index (χ1n) is 10.8. The van der Waals surface area contributed by atoms with E-state index < -0.39 is 18.0 Å². The van der Waals surface area contributed by atoms with Gasteiger partial charge in [0, 0.05) is 36.7 Å². The molecular formula is C22H27F3N6O2. The molecule has 1 unspecified atom stereocenters. The number of piperidine rings is 1. The molecule has 0 saturated carbocycles. The Kier molecular flexibility index (Phi) is 7.50. The van der Waals surface area contributed by atoms with Crippen LogP contribution in [0.1, 0.15) is 53.6 Å². The molecule has 1 aliphatic heterocycles. The predicted octanol–water partition coefficient (Wildman–Crippen LogP) is 2.77. The molecule has 2 aromatic rings. The summed E-state index contributed by atoms with van der Waals surface area (Å²) >= 11 is 0. The molecule has 1 fully saturated rings. The van der Waals surface area contributed by atoms with E-state index in [1.54, 1.807) is 30.2 Å². The van der Waals surface area contributed by atoms with Crippen LogP contribution in [0.3, 0.4) is 0 Å². The van der Waals surface area contributed by atoms with Crippen molar-refractivity contribution >= 4 is 17.6 Å². The van der Waals surface area contributed by atoms with Crippen molar-refractivity contribution in [2.75, 3.05) is 18.8 Å². The average molecular weight is 464 g/mol. The van der Waals surface area contributed by atoms with E-state index in [0.717, 1.165) is 19.3 Å². The fraction of sp³-hybridized carbons (Fsp3) is 0.500. The SMILES string of the molecule is Cc1nc(C(F)(F)F)nc(N)c1CCC1CCN(C(=O)C(C)NC(=O)c2cccnc2)CC1. The summed E-state index contributed by atoms with van der Waals surface area (Å²) < 4.78 is 38.5. The maximum atomic E-state index is 12.8. The highest BCUT2D eigenvalue weighted by Gasteiger charge is 2.36. The first-order valence-corrected chi connectivity index (χ1v) is 10.8. The van der Waals surface area contributed by atoms with E-state index in [2.05, 4.69) is 20.3 Å². The molecule has 0 aromatic carbocycles. The number of nitrogens with one attached hydrogen (secondary N) is 1. The lowest BCUT2D eigenvalue weighted by Crippen LogP contribution is -2.49. The number of halogens is 3. The van der Waals surface area contributed by atoms with Crippen molar-refractivity contribution < 1.29 is 22.8 Å². The Hall–Kier alpha value is -3.24. The Morgan fingerprint density at radius 2 is 1.97 bits per heavy atom. The number of nitrogens with zero attached hydrogens (tertiary/aromatic N) is 4. The van der Waals surface area contributed by atoms with Crippen LogP contribution in [0.15, 0.2) is 24.5 Å². The number of carbonyl (C=O) groups excluding carboxylic acids is 2. The van der Waals surface area contributed by atoms with Crippen LogP contribution in [-0.4, -0.2) is 50.8 Å². The maximum Gasteiger partial charge on any atom is 0.451 e. The van der Waals surface area contributed by atoms with Crippen molar-refractivity contribution in [1.29, 1.82) is 0 Å². The lowest BCUT2D eigenvalue weighted by molar-refractivity contribution is -0.145. The standard InChI is InChI=1S/C22H27F3N6O2/c1-13-17(18(26)30-21(29-13)22(23,24)25)6-5-15-7-10-31(11-8-15)20(33)14(2)28-19(32)16-4-3-9-27-12-16/h3-4,9,12,14-15H,5-8,10-11H2,1-2H3,(H,28,32)(H2,26,29,30). The summed E-state index contributed by atoms with van der Waals surface area (Å²) in [7, 11) is 0. The van der Waals surface area contributed by atoms with Gasteiger partial charge in [-0.25, -0.2) is 9.97 Å². The second-order valence-corrected chi connectivity index (χ2v) is 8.24. The van der Waals surface area contributed by atoms with Crippen molar-refractivity contribution in [3.8, 4) is 0 Å². The molecule has 33 heavy (non-hydrogen) atoms. The number of nitrogen functional groups attached to an aromatic ring is 1. The minimum absolute atomic E-state index is 0.138. The second-order valence-electron chi connectivity index (χ2n) is 8.24. The van der Waals surface area contributed by atoms with Gasteiger partial charge in [-0.3, -0.25) is 14.6 Å². The molecular weight excluding hydrogens is 437 g/mol. The van der Waals surface area contributed by atoms with Crippen LogP contribution < -0.4 is 11.1 Å². The minimum atomic E-state index is -4.63. The highest BCUT2D eigenvalue weighted by atomic mass is 19.4. The van der Waals surface area contributed by atoms with E-state index in [9.17, 15) is 22.8 Å². The average Bonchev–Trinajstić information content (AvgIpc) is 2.78. The third-order valence-electron chi connectivity index (χ3n) is 5.87. The molecule has 11 heteroatoms. The molecule has 8 nitrogen and oxygen atoms in total. The Morgan fingerprint density at radius 1 is 1.27 bits per heavy atom. The van der Waals surface area contributed by atoms with Gasteiger partial charge in [-0.1, -0.05) is 0 Å². The number of anilines is 1. The lowest BCUT2D eigenvalue weighted by Gasteiger charge is -2.34.